The second-order valence-electron chi connectivity index (χ2n) is 4.68. The summed E-state index contributed by atoms with van der Waals surface area (Å²) in [5, 5.41) is 3.28. The number of methoxy groups -OCH3 is 1. The lowest BCUT2D eigenvalue weighted by atomic mass is 9.92. The van der Waals surface area contributed by atoms with Gasteiger partial charge in [0.1, 0.15) is 0 Å². The average Bonchev–Trinajstić information content (AvgIpc) is 2.38. The van der Waals surface area contributed by atoms with Crippen molar-refractivity contribution in [1.29, 1.82) is 0 Å². The molecule has 100 valence electrons. The van der Waals surface area contributed by atoms with Crippen molar-refractivity contribution in [1.82, 2.24) is 5.32 Å². The van der Waals surface area contributed by atoms with E-state index in [9.17, 15) is 4.79 Å². The minimum Gasteiger partial charge on any atom is -0.469 e. The van der Waals surface area contributed by atoms with Crippen LogP contribution in [0.1, 0.15) is 41.1 Å². The highest BCUT2D eigenvalue weighted by atomic mass is 16.5. The Morgan fingerprint density at radius 2 is 1.94 bits per heavy atom. The summed E-state index contributed by atoms with van der Waals surface area (Å²) in [6.45, 7) is 6.40. The lowest BCUT2D eigenvalue weighted by molar-refractivity contribution is -0.140. The van der Waals surface area contributed by atoms with Crippen molar-refractivity contribution in [2.75, 3.05) is 14.2 Å². The Labute approximate surface area is 110 Å². The van der Waals surface area contributed by atoms with Crippen LogP contribution in [0, 0.1) is 20.8 Å². The third kappa shape index (κ3) is 3.33. The Morgan fingerprint density at radius 3 is 2.50 bits per heavy atom. The second-order valence-corrected chi connectivity index (χ2v) is 4.68. The summed E-state index contributed by atoms with van der Waals surface area (Å²) in [7, 11) is 3.36. The number of carbonyl (C=O) groups excluding carboxylic acids is 1. The first-order valence-corrected chi connectivity index (χ1v) is 6.32. The Bertz CT molecular complexity index is 427. The zero-order valence-corrected chi connectivity index (χ0v) is 12.0. The zero-order valence-electron chi connectivity index (χ0n) is 12.0. The van der Waals surface area contributed by atoms with Gasteiger partial charge in [-0.1, -0.05) is 12.1 Å². The normalized spacial score (nSPS) is 12.3. The van der Waals surface area contributed by atoms with Crippen molar-refractivity contribution in [2.45, 2.75) is 39.7 Å². The van der Waals surface area contributed by atoms with Crippen LogP contribution in [0.15, 0.2) is 12.1 Å². The Hall–Kier alpha value is -1.35. The fourth-order valence-corrected chi connectivity index (χ4v) is 2.17. The Balaban J connectivity index is 2.89. The maximum absolute atomic E-state index is 11.2. The predicted molar refractivity (Wildman–Crippen MR) is 73.7 cm³/mol. The first-order valence-electron chi connectivity index (χ1n) is 6.32. The van der Waals surface area contributed by atoms with Gasteiger partial charge in [-0.2, -0.15) is 0 Å². The van der Waals surface area contributed by atoms with Gasteiger partial charge < -0.3 is 10.1 Å². The van der Waals surface area contributed by atoms with E-state index in [0.29, 0.717) is 6.42 Å². The van der Waals surface area contributed by atoms with Crippen LogP contribution >= 0.6 is 0 Å². The van der Waals surface area contributed by atoms with Crippen LogP contribution in [0.25, 0.3) is 0 Å². The SMILES string of the molecule is CNC(CCC(=O)OC)c1ccc(C)c(C)c1C. The average molecular weight is 249 g/mol. The van der Waals surface area contributed by atoms with Gasteiger partial charge in [0.25, 0.3) is 0 Å². The smallest absolute Gasteiger partial charge is 0.305 e. The number of benzene rings is 1. The molecule has 0 fully saturated rings. The molecule has 0 saturated heterocycles. The zero-order chi connectivity index (χ0) is 13.7. The van der Waals surface area contributed by atoms with Gasteiger partial charge in [-0.3, -0.25) is 4.79 Å². The number of rotatable bonds is 5. The summed E-state index contributed by atoms with van der Waals surface area (Å²) in [4.78, 5) is 11.2. The molecule has 1 atom stereocenters. The number of hydrogen-bond acceptors (Lipinski definition) is 3. The van der Waals surface area contributed by atoms with E-state index in [2.05, 4.69) is 43.0 Å². The second kappa shape index (κ2) is 6.55. The monoisotopic (exact) mass is 249 g/mol. The van der Waals surface area contributed by atoms with E-state index < -0.39 is 0 Å². The third-order valence-electron chi connectivity index (χ3n) is 3.69. The van der Waals surface area contributed by atoms with Crippen molar-refractivity contribution in [2.24, 2.45) is 0 Å². The topological polar surface area (TPSA) is 38.3 Å². The van der Waals surface area contributed by atoms with Crippen molar-refractivity contribution in [3.8, 4) is 0 Å². The highest BCUT2D eigenvalue weighted by Crippen LogP contribution is 2.25. The molecule has 0 amide bonds. The highest BCUT2D eigenvalue weighted by molar-refractivity contribution is 5.69. The molecule has 1 N–H and O–H groups in total. The molecule has 1 rings (SSSR count). The van der Waals surface area contributed by atoms with Gasteiger partial charge in [0.2, 0.25) is 0 Å². The molecule has 0 bridgehead atoms. The number of ether oxygens (including phenoxy) is 1. The number of nitrogens with one attached hydrogen (secondary N) is 1. The molecule has 0 aliphatic carbocycles. The van der Waals surface area contributed by atoms with E-state index in [0.717, 1.165) is 6.42 Å². The summed E-state index contributed by atoms with van der Waals surface area (Å²) in [5.41, 5.74) is 5.20. The van der Waals surface area contributed by atoms with Crippen molar-refractivity contribution >= 4 is 5.97 Å². The first-order chi connectivity index (χ1) is 8.51. The van der Waals surface area contributed by atoms with Gasteiger partial charge >= 0.3 is 5.97 Å². The van der Waals surface area contributed by atoms with Gasteiger partial charge in [0.05, 0.1) is 7.11 Å². The van der Waals surface area contributed by atoms with Gasteiger partial charge in [-0.05, 0) is 56.5 Å². The van der Waals surface area contributed by atoms with Gasteiger partial charge in [0.15, 0.2) is 0 Å². The van der Waals surface area contributed by atoms with Crippen molar-refractivity contribution in [3.05, 3.63) is 34.4 Å². The summed E-state index contributed by atoms with van der Waals surface area (Å²) in [6, 6.07) is 4.49. The van der Waals surface area contributed by atoms with Crippen LogP contribution in [0.4, 0.5) is 0 Å². The number of hydrogen-bond donors (Lipinski definition) is 1. The quantitative estimate of drug-likeness (QED) is 0.815. The van der Waals surface area contributed by atoms with Crippen LogP contribution in [0.2, 0.25) is 0 Å². The molecule has 1 aromatic carbocycles. The lowest BCUT2D eigenvalue weighted by Gasteiger charge is -2.20. The number of carbonyl (C=O) groups is 1. The minimum absolute atomic E-state index is 0.156. The summed E-state index contributed by atoms with van der Waals surface area (Å²) >= 11 is 0. The summed E-state index contributed by atoms with van der Waals surface area (Å²) in [6.07, 6.45) is 1.20. The largest absolute Gasteiger partial charge is 0.469 e. The highest BCUT2D eigenvalue weighted by Gasteiger charge is 2.15. The predicted octanol–water partition coefficient (Wildman–Crippen LogP) is 2.83. The fraction of sp³-hybridized carbons (Fsp3) is 0.533. The molecule has 0 heterocycles. The standard InChI is InChI=1S/C15H23NO2/c1-10-6-7-13(12(3)11(10)2)14(16-4)8-9-15(17)18-5/h6-7,14,16H,8-9H2,1-5H3. The summed E-state index contributed by atoms with van der Waals surface area (Å²) in [5.74, 6) is -0.156. The minimum atomic E-state index is -0.156. The van der Waals surface area contributed by atoms with E-state index in [1.807, 2.05) is 7.05 Å². The maximum Gasteiger partial charge on any atom is 0.305 e. The van der Waals surface area contributed by atoms with Crippen LogP contribution in [0.5, 0.6) is 0 Å². The molecule has 0 aliphatic rings. The molecule has 1 aromatic rings. The van der Waals surface area contributed by atoms with Crippen molar-refractivity contribution in [3.63, 3.8) is 0 Å². The van der Waals surface area contributed by atoms with Crippen LogP contribution in [-0.4, -0.2) is 20.1 Å². The molecular formula is C15H23NO2. The van der Waals surface area contributed by atoms with E-state index in [1.54, 1.807) is 0 Å². The molecule has 0 spiro atoms. The summed E-state index contributed by atoms with van der Waals surface area (Å²) < 4.78 is 4.69. The van der Waals surface area contributed by atoms with Crippen molar-refractivity contribution < 1.29 is 9.53 Å². The fourth-order valence-electron chi connectivity index (χ4n) is 2.17. The van der Waals surface area contributed by atoms with Gasteiger partial charge in [0, 0.05) is 12.5 Å². The number of esters is 1. The molecule has 3 heteroatoms. The van der Waals surface area contributed by atoms with Crippen LogP contribution in [-0.2, 0) is 9.53 Å². The molecule has 3 nitrogen and oxygen atoms in total. The van der Waals surface area contributed by atoms with E-state index >= 15 is 0 Å². The Kier molecular flexibility index (Phi) is 5.35. The number of aryl methyl sites for hydroxylation is 1. The molecule has 0 aliphatic heterocycles. The van der Waals surface area contributed by atoms with E-state index in [-0.39, 0.29) is 12.0 Å². The van der Waals surface area contributed by atoms with Crippen LogP contribution < -0.4 is 5.32 Å². The van der Waals surface area contributed by atoms with Crippen LogP contribution in [0.3, 0.4) is 0 Å². The molecular weight excluding hydrogens is 226 g/mol. The third-order valence-corrected chi connectivity index (χ3v) is 3.69. The first kappa shape index (κ1) is 14.7. The Morgan fingerprint density at radius 1 is 1.28 bits per heavy atom. The molecule has 0 saturated carbocycles. The van der Waals surface area contributed by atoms with Gasteiger partial charge in [-0.15, -0.1) is 0 Å². The molecule has 0 aromatic heterocycles. The van der Waals surface area contributed by atoms with E-state index in [4.69, 9.17) is 0 Å². The van der Waals surface area contributed by atoms with Gasteiger partial charge in [-0.25, -0.2) is 0 Å². The molecule has 18 heavy (non-hydrogen) atoms. The lowest BCUT2D eigenvalue weighted by Crippen LogP contribution is -2.19. The maximum atomic E-state index is 11.2. The van der Waals surface area contributed by atoms with E-state index in [1.165, 1.54) is 29.4 Å². The molecule has 0 radical (unpaired) electrons. The molecule has 1 unspecified atom stereocenters.